The Hall–Kier alpha value is -0.0100. The summed E-state index contributed by atoms with van der Waals surface area (Å²) in [6, 6.07) is 0. The second kappa shape index (κ2) is 7.63. The molecule has 74 valence electrons. The van der Waals surface area contributed by atoms with E-state index in [1.807, 2.05) is 14.1 Å². The third-order valence-electron chi connectivity index (χ3n) is 1.22. The highest BCUT2D eigenvalue weighted by Gasteiger charge is 1.90. The minimum Gasteiger partial charge on any atom is -0.750 e. The molecule has 0 radical (unpaired) electrons. The van der Waals surface area contributed by atoms with E-state index in [2.05, 4.69) is 14.4 Å². The first kappa shape index (κ1) is 12.0. The Balaban J connectivity index is 2.96. The Kier molecular flexibility index (Phi) is 7.62. The number of rotatable bonds is 7. The normalized spacial score (nSPS) is 13.7. The predicted octanol–water partition coefficient (Wildman–Crippen LogP) is -0.704. The molecule has 6 heteroatoms. The lowest BCUT2D eigenvalue weighted by atomic mass is 10.4. The second-order valence-electron chi connectivity index (χ2n) is 2.62. The van der Waals surface area contributed by atoms with Gasteiger partial charge in [-0.25, -0.2) is 4.21 Å². The molecule has 0 aliphatic heterocycles. The van der Waals surface area contributed by atoms with Gasteiger partial charge in [-0.15, -0.1) is 0 Å². The van der Waals surface area contributed by atoms with Crippen LogP contribution in [0.5, 0.6) is 0 Å². The minimum absolute atomic E-state index is 0.0591. The first-order chi connectivity index (χ1) is 5.63. The summed E-state index contributed by atoms with van der Waals surface area (Å²) >= 11 is -2.40. The van der Waals surface area contributed by atoms with Crippen LogP contribution in [0.4, 0.5) is 0 Å². The molecule has 0 rings (SSSR count). The van der Waals surface area contributed by atoms with E-state index in [1.165, 1.54) is 0 Å². The van der Waals surface area contributed by atoms with Crippen LogP contribution in [0.2, 0.25) is 0 Å². The zero-order chi connectivity index (χ0) is 9.40. The zero-order valence-electron chi connectivity index (χ0n) is 7.41. The third kappa shape index (κ3) is 9.99. The summed E-state index contributed by atoms with van der Waals surface area (Å²) < 4.78 is 24.0. The van der Waals surface area contributed by atoms with E-state index in [4.69, 9.17) is 0 Å². The number of hydrogen-bond donors (Lipinski definition) is 1. The van der Waals surface area contributed by atoms with Gasteiger partial charge in [0.2, 0.25) is 0 Å². The van der Waals surface area contributed by atoms with Gasteiger partial charge in [-0.1, -0.05) is 0 Å². The summed E-state index contributed by atoms with van der Waals surface area (Å²) in [5, 5.41) is 2.83. The van der Waals surface area contributed by atoms with Crippen molar-refractivity contribution in [2.75, 3.05) is 33.9 Å². The van der Waals surface area contributed by atoms with Crippen molar-refractivity contribution < 1.29 is 12.9 Å². The highest BCUT2D eigenvalue weighted by Crippen LogP contribution is 1.81. The Labute approximate surface area is 75.6 Å². The molecule has 1 atom stereocenters. The average Bonchev–Trinajstić information content (AvgIpc) is 1.95. The van der Waals surface area contributed by atoms with Crippen molar-refractivity contribution in [1.29, 1.82) is 0 Å². The molecule has 1 unspecified atom stereocenters. The highest BCUT2D eigenvalue weighted by atomic mass is 32.2. The molecule has 0 bridgehead atoms. The Morgan fingerprint density at radius 2 is 2.25 bits per heavy atom. The fourth-order valence-corrected chi connectivity index (χ4v) is 0.862. The van der Waals surface area contributed by atoms with Crippen molar-refractivity contribution in [2.45, 2.75) is 6.42 Å². The van der Waals surface area contributed by atoms with Gasteiger partial charge in [0.1, 0.15) is 6.73 Å². The van der Waals surface area contributed by atoms with E-state index >= 15 is 0 Å². The standard InChI is InChI=1S/C6H16N2O3S/c1-8(2)5-3-4-7-6-11-12(9)10/h7H,3-6H2,1-2H3,(H,9,10)/p-1. The maximum absolute atomic E-state index is 9.87. The van der Waals surface area contributed by atoms with E-state index < -0.39 is 11.4 Å². The van der Waals surface area contributed by atoms with Crippen molar-refractivity contribution in [3.05, 3.63) is 0 Å². The lowest BCUT2D eigenvalue weighted by molar-refractivity contribution is 0.270. The van der Waals surface area contributed by atoms with Gasteiger partial charge < -0.3 is 9.45 Å². The van der Waals surface area contributed by atoms with Crippen LogP contribution >= 0.6 is 0 Å². The summed E-state index contributed by atoms with van der Waals surface area (Å²) in [5.74, 6) is 0. The molecular formula is C6H15N2O3S-. The molecule has 0 fully saturated rings. The molecule has 1 N–H and O–H groups in total. The Morgan fingerprint density at radius 3 is 2.75 bits per heavy atom. The van der Waals surface area contributed by atoms with Gasteiger partial charge in [0.15, 0.2) is 0 Å². The molecule has 0 aliphatic rings. The van der Waals surface area contributed by atoms with Crippen LogP contribution in [0.25, 0.3) is 0 Å². The van der Waals surface area contributed by atoms with Crippen molar-refractivity contribution in [2.24, 2.45) is 0 Å². The minimum atomic E-state index is -2.40. The summed E-state index contributed by atoms with van der Waals surface area (Å²) in [7, 11) is 3.98. The lowest BCUT2D eigenvalue weighted by Gasteiger charge is -2.10. The molecule has 0 amide bonds. The fraction of sp³-hybridized carbons (Fsp3) is 1.00. The number of hydrogen-bond acceptors (Lipinski definition) is 5. The summed E-state index contributed by atoms with van der Waals surface area (Å²) in [6.07, 6.45) is 0.974. The van der Waals surface area contributed by atoms with Crippen LogP contribution in [0.1, 0.15) is 6.42 Å². The molecule has 0 aromatic carbocycles. The third-order valence-corrected chi connectivity index (χ3v) is 1.53. The number of nitrogens with zero attached hydrogens (tertiary/aromatic N) is 1. The van der Waals surface area contributed by atoms with Crippen LogP contribution in [-0.4, -0.2) is 47.6 Å². The molecule has 12 heavy (non-hydrogen) atoms. The fourth-order valence-electron chi connectivity index (χ4n) is 0.682. The molecular weight excluding hydrogens is 180 g/mol. The first-order valence-corrected chi connectivity index (χ1v) is 4.71. The summed E-state index contributed by atoms with van der Waals surface area (Å²) in [4.78, 5) is 2.06. The van der Waals surface area contributed by atoms with E-state index in [9.17, 15) is 8.76 Å². The zero-order valence-corrected chi connectivity index (χ0v) is 8.23. The van der Waals surface area contributed by atoms with Gasteiger partial charge in [-0.3, -0.25) is 9.50 Å². The maximum Gasteiger partial charge on any atom is 0.113 e. The monoisotopic (exact) mass is 195 g/mol. The SMILES string of the molecule is CN(C)CCCNCOS(=O)[O-]. The van der Waals surface area contributed by atoms with Gasteiger partial charge in [0.05, 0.1) is 11.4 Å². The van der Waals surface area contributed by atoms with Crippen molar-refractivity contribution in [3.63, 3.8) is 0 Å². The largest absolute Gasteiger partial charge is 0.750 e. The molecule has 0 aromatic heterocycles. The first-order valence-electron chi connectivity index (χ1n) is 3.71. The lowest BCUT2D eigenvalue weighted by Crippen LogP contribution is -2.23. The van der Waals surface area contributed by atoms with Gasteiger partial charge in [0.25, 0.3) is 0 Å². The Morgan fingerprint density at radius 1 is 1.58 bits per heavy atom. The quantitative estimate of drug-likeness (QED) is 0.330. The summed E-state index contributed by atoms with van der Waals surface area (Å²) in [5.41, 5.74) is 0. The molecule has 0 aromatic rings. The summed E-state index contributed by atoms with van der Waals surface area (Å²) in [6.45, 7) is 1.80. The highest BCUT2D eigenvalue weighted by molar-refractivity contribution is 7.74. The predicted molar refractivity (Wildman–Crippen MR) is 46.0 cm³/mol. The van der Waals surface area contributed by atoms with Crippen LogP contribution < -0.4 is 5.32 Å². The van der Waals surface area contributed by atoms with Crippen molar-refractivity contribution >= 4 is 11.4 Å². The maximum atomic E-state index is 9.87. The average molecular weight is 195 g/mol. The molecule has 0 saturated carbocycles. The van der Waals surface area contributed by atoms with E-state index in [0.29, 0.717) is 0 Å². The van der Waals surface area contributed by atoms with Crippen LogP contribution in [0.15, 0.2) is 0 Å². The Bertz CT molecular complexity index is 132. The molecule has 0 saturated heterocycles. The van der Waals surface area contributed by atoms with E-state index in [0.717, 1.165) is 19.5 Å². The van der Waals surface area contributed by atoms with Gasteiger partial charge >= 0.3 is 0 Å². The molecule has 5 nitrogen and oxygen atoms in total. The van der Waals surface area contributed by atoms with Crippen LogP contribution in [0.3, 0.4) is 0 Å². The smallest absolute Gasteiger partial charge is 0.113 e. The van der Waals surface area contributed by atoms with Gasteiger partial charge in [-0.05, 0) is 33.6 Å². The molecule has 0 spiro atoms. The van der Waals surface area contributed by atoms with Gasteiger partial charge in [0, 0.05) is 0 Å². The van der Waals surface area contributed by atoms with E-state index in [1.54, 1.807) is 0 Å². The topological polar surface area (TPSA) is 64.6 Å². The van der Waals surface area contributed by atoms with Gasteiger partial charge in [-0.2, -0.15) is 0 Å². The van der Waals surface area contributed by atoms with Crippen molar-refractivity contribution in [3.8, 4) is 0 Å². The van der Waals surface area contributed by atoms with Crippen LogP contribution in [-0.2, 0) is 15.5 Å². The number of nitrogens with one attached hydrogen (secondary N) is 1. The van der Waals surface area contributed by atoms with E-state index in [-0.39, 0.29) is 6.73 Å². The van der Waals surface area contributed by atoms with Crippen molar-refractivity contribution in [1.82, 2.24) is 10.2 Å². The van der Waals surface area contributed by atoms with Crippen LogP contribution in [0, 0.1) is 0 Å². The molecule has 0 aliphatic carbocycles. The second-order valence-corrected chi connectivity index (χ2v) is 3.27. The molecule has 0 heterocycles.